The standard InChI is InChI=1S/C23H18F2N4O3/c1-14-4-6-17(24)20(11-14)28-23(30)27-19-7-5-15(12-18(19)25)32-16-8-9-26-21(13-16)22-3-2-10-29(22)31/h2-13,31H,1H3,(H2,27,28,30). The fraction of sp³-hybridized carbons (Fsp3) is 0.0435. The van der Waals surface area contributed by atoms with Crippen LogP contribution in [0.15, 0.2) is 73.1 Å². The van der Waals surface area contributed by atoms with Crippen LogP contribution in [-0.4, -0.2) is 21.0 Å². The molecule has 0 saturated heterocycles. The van der Waals surface area contributed by atoms with Crippen molar-refractivity contribution in [1.29, 1.82) is 0 Å². The second-order valence-corrected chi connectivity index (χ2v) is 6.92. The second kappa shape index (κ2) is 8.76. The smallest absolute Gasteiger partial charge is 0.323 e. The van der Waals surface area contributed by atoms with Gasteiger partial charge in [-0.2, -0.15) is 4.73 Å². The number of urea groups is 1. The van der Waals surface area contributed by atoms with Crippen molar-refractivity contribution in [2.75, 3.05) is 10.6 Å². The molecule has 0 aliphatic heterocycles. The number of carbonyl (C=O) groups is 1. The largest absolute Gasteiger partial charge is 0.457 e. The molecule has 0 saturated carbocycles. The van der Waals surface area contributed by atoms with E-state index in [0.29, 0.717) is 17.1 Å². The van der Waals surface area contributed by atoms with Gasteiger partial charge >= 0.3 is 6.03 Å². The molecule has 2 heterocycles. The topological polar surface area (TPSA) is 88.4 Å². The number of halogens is 2. The van der Waals surface area contributed by atoms with Crippen molar-refractivity contribution in [3.8, 4) is 22.9 Å². The highest BCUT2D eigenvalue weighted by Gasteiger charge is 2.12. The van der Waals surface area contributed by atoms with Crippen molar-refractivity contribution in [2.45, 2.75) is 6.92 Å². The Morgan fingerprint density at radius 3 is 2.50 bits per heavy atom. The Labute approximate surface area is 181 Å². The first-order valence-corrected chi connectivity index (χ1v) is 9.53. The molecule has 162 valence electrons. The zero-order valence-electron chi connectivity index (χ0n) is 16.8. The summed E-state index contributed by atoms with van der Waals surface area (Å²) in [7, 11) is 0. The molecule has 0 bridgehead atoms. The SMILES string of the molecule is Cc1ccc(F)c(NC(=O)Nc2ccc(Oc3ccnc(-c4cccn4O)c3)cc2F)c1. The quantitative estimate of drug-likeness (QED) is 0.345. The van der Waals surface area contributed by atoms with Crippen molar-refractivity contribution in [3.05, 3.63) is 90.3 Å². The first-order valence-electron chi connectivity index (χ1n) is 9.53. The van der Waals surface area contributed by atoms with Gasteiger partial charge in [-0.3, -0.25) is 4.98 Å². The molecular weight excluding hydrogens is 418 g/mol. The molecule has 0 aliphatic rings. The third-order valence-electron chi connectivity index (χ3n) is 4.52. The molecule has 2 amide bonds. The highest BCUT2D eigenvalue weighted by atomic mass is 19.1. The van der Waals surface area contributed by atoms with Crippen LogP contribution in [0.2, 0.25) is 0 Å². The molecule has 32 heavy (non-hydrogen) atoms. The minimum atomic E-state index is -0.784. The van der Waals surface area contributed by atoms with E-state index in [-0.39, 0.29) is 17.1 Å². The molecule has 0 spiro atoms. The van der Waals surface area contributed by atoms with Crippen molar-refractivity contribution < 1.29 is 23.5 Å². The summed E-state index contributed by atoms with van der Waals surface area (Å²) in [6.07, 6.45) is 2.97. The van der Waals surface area contributed by atoms with Gasteiger partial charge in [-0.05, 0) is 55.0 Å². The number of aryl methyl sites for hydroxylation is 1. The van der Waals surface area contributed by atoms with E-state index >= 15 is 0 Å². The van der Waals surface area contributed by atoms with E-state index in [0.717, 1.165) is 16.4 Å². The number of amides is 2. The van der Waals surface area contributed by atoms with Gasteiger partial charge < -0.3 is 20.6 Å². The van der Waals surface area contributed by atoms with Gasteiger partial charge in [-0.15, -0.1) is 0 Å². The van der Waals surface area contributed by atoms with Gasteiger partial charge in [0.25, 0.3) is 0 Å². The number of hydrogen-bond donors (Lipinski definition) is 3. The maximum atomic E-state index is 14.5. The minimum absolute atomic E-state index is 0.00891. The fourth-order valence-electron chi connectivity index (χ4n) is 3.00. The van der Waals surface area contributed by atoms with Crippen molar-refractivity contribution in [3.63, 3.8) is 0 Å². The Balaban J connectivity index is 1.45. The summed E-state index contributed by atoms with van der Waals surface area (Å²) in [5.41, 5.74) is 1.59. The molecule has 3 N–H and O–H groups in total. The zero-order chi connectivity index (χ0) is 22.7. The number of benzene rings is 2. The molecule has 0 aliphatic carbocycles. The first kappa shape index (κ1) is 20.9. The Morgan fingerprint density at radius 1 is 0.969 bits per heavy atom. The van der Waals surface area contributed by atoms with Crippen LogP contribution < -0.4 is 15.4 Å². The zero-order valence-corrected chi connectivity index (χ0v) is 16.8. The summed E-state index contributed by atoms with van der Waals surface area (Å²) in [5.74, 6) is -0.764. The lowest BCUT2D eigenvalue weighted by Gasteiger charge is -2.11. The second-order valence-electron chi connectivity index (χ2n) is 6.92. The molecule has 9 heteroatoms. The van der Waals surface area contributed by atoms with Gasteiger partial charge in [0.15, 0.2) is 0 Å². The third-order valence-corrected chi connectivity index (χ3v) is 4.52. The predicted octanol–water partition coefficient (Wildman–Crippen LogP) is 5.81. The Morgan fingerprint density at radius 2 is 1.75 bits per heavy atom. The summed E-state index contributed by atoms with van der Waals surface area (Å²) >= 11 is 0. The lowest BCUT2D eigenvalue weighted by Crippen LogP contribution is -2.20. The average molecular weight is 436 g/mol. The van der Waals surface area contributed by atoms with Crippen LogP contribution in [0, 0.1) is 18.6 Å². The van der Waals surface area contributed by atoms with E-state index in [9.17, 15) is 18.8 Å². The van der Waals surface area contributed by atoms with Gasteiger partial charge in [0.05, 0.1) is 17.1 Å². The minimum Gasteiger partial charge on any atom is -0.457 e. The molecule has 0 radical (unpaired) electrons. The lowest BCUT2D eigenvalue weighted by molar-refractivity contribution is 0.192. The van der Waals surface area contributed by atoms with Crippen molar-refractivity contribution in [1.82, 2.24) is 9.71 Å². The number of ether oxygens (including phenoxy) is 1. The van der Waals surface area contributed by atoms with Gasteiger partial charge in [-0.1, -0.05) is 6.07 Å². The number of pyridine rings is 1. The van der Waals surface area contributed by atoms with Crippen LogP contribution in [0.4, 0.5) is 25.0 Å². The highest BCUT2D eigenvalue weighted by Crippen LogP contribution is 2.28. The lowest BCUT2D eigenvalue weighted by atomic mass is 10.2. The van der Waals surface area contributed by atoms with Crippen LogP contribution in [0.5, 0.6) is 11.5 Å². The van der Waals surface area contributed by atoms with Crippen LogP contribution in [0.25, 0.3) is 11.4 Å². The summed E-state index contributed by atoms with van der Waals surface area (Å²) in [6.45, 7) is 1.76. The van der Waals surface area contributed by atoms with Crippen LogP contribution in [-0.2, 0) is 0 Å². The normalized spacial score (nSPS) is 10.6. The summed E-state index contributed by atoms with van der Waals surface area (Å²) in [6, 6.07) is 13.9. The monoisotopic (exact) mass is 436 g/mol. The maximum Gasteiger partial charge on any atom is 0.323 e. The number of nitrogens with zero attached hydrogens (tertiary/aromatic N) is 2. The molecule has 2 aromatic carbocycles. The summed E-state index contributed by atoms with van der Waals surface area (Å²) in [5, 5.41) is 14.5. The number of hydrogen-bond acceptors (Lipinski definition) is 4. The molecule has 7 nitrogen and oxygen atoms in total. The van der Waals surface area contributed by atoms with Crippen LogP contribution >= 0.6 is 0 Å². The Bertz CT molecular complexity index is 1290. The molecule has 2 aromatic heterocycles. The van der Waals surface area contributed by atoms with Crippen molar-refractivity contribution in [2.24, 2.45) is 0 Å². The van der Waals surface area contributed by atoms with E-state index < -0.39 is 17.7 Å². The average Bonchev–Trinajstić information content (AvgIpc) is 3.19. The fourth-order valence-corrected chi connectivity index (χ4v) is 3.00. The van der Waals surface area contributed by atoms with Gasteiger partial charge in [0, 0.05) is 24.5 Å². The number of aromatic nitrogens is 2. The van der Waals surface area contributed by atoms with E-state index in [1.165, 1.54) is 36.7 Å². The highest BCUT2D eigenvalue weighted by molar-refractivity contribution is 6.00. The Kier molecular flexibility index (Phi) is 5.71. The van der Waals surface area contributed by atoms with Gasteiger partial charge in [-0.25, -0.2) is 13.6 Å². The summed E-state index contributed by atoms with van der Waals surface area (Å²) < 4.78 is 34.9. The van der Waals surface area contributed by atoms with Crippen LogP contribution in [0.3, 0.4) is 0 Å². The number of rotatable bonds is 5. The molecule has 4 rings (SSSR count). The molecule has 0 atom stereocenters. The molecule has 4 aromatic rings. The van der Waals surface area contributed by atoms with Gasteiger partial charge in [0.2, 0.25) is 0 Å². The molecule has 0 fully saturated rings. The first-order chi connectivity index (χ1) is 15.4. The van der Waals surface area contributed by atoms with E-state index in [1.54, 1.807) is 37.3 Å². The third kappa shape index (κ3) is 4.67. The predicted molar refractivity (Wildman–Crippen MR) is 115 cm³/mol. The summed E-state index contributed by atoms with van der Waals surface area (Å²) in [4.78, 5) is 16.3. The number of carbonyl (C=O) groups excluding carboxylic acids is 1. The van der Waals surface area contributed by atoms with Crippen molar-refractivity contribution >= 4 is 17.4 Å². The molecular formula is C23H18F2N4O3. The maximum absolute atomic E-state index is 14.5. The Hall–Kier alpha value is -4.40. The van der Waals surface area contributed by atoms with Crippen LogP contribution in [0.1, 0.15) is 5.56 Å². The molecule has 0 unspecified atom stereocenters. The van der Waals surface area contributed by atoms with E-state index in [4.69, 9.17) is 4.74 Å². The van der Waals surface area contributed by atoms with Gasteiger partial charge in [0.1, 0.15) is 28.8 Å². The number of anilines is 2. The van der Waals surface area contributed by atoms with E-state index in [1.807, 2.05) is 0 Å². The number of nitrogens with one attached hydrogen (secondary N) is 2. The van der Waals surface area contributed by atoms with E-state index in [2.05, 4.69) is 15.6 Å².